The maximum absolute atomic E-state index is 12.1. The molecule has 0 atom stereocenters. The van der Waals surface area contributed by atoms with Gasteiger partial charge in [0.25, 0.3) is 5.91 Å². The molecular weight excluding hydrogens is 326 g/mol. The van der Waals surface area contributed by atoms with E-state index < -0.39 is 0 Å². The molecular formula is C21H25N3O2. The van der Waals surface area contributed by atoms with Crippen molar-refractivity contribution >= 4 is 11.6 Å². The summed E-state index contributed by atoms with van der Waals surface area (Å²) in [6.45, 7) is 1.93. The van der Waals surface area contributed by atoms with E-state index >= 15 is 0 Å². The molecule has 4 saturated carbocycles. The molecule has 0 saturated heterocycles. The van der Waals surface area contributed by atoms with Crippen LogP contribution in [0.1, 0.15) is 51.0 Å². The third-order valence-corrected chi connectivity index (χ3v) is 6.52. The number of amides is 1. The van der Waals surface area contributed by atoms with Crippen LogP contribution < -0.4 is 10.2 Å². The molecule has 0 unspecified atom stereocenters. The lowest BCUT2D eigenvalue weighted by Gasteiger charge is -2.56. The number of carbonyl (C=O) groups excluding carboxylic acids is 1. The Morgan fingerprint density at radius 1 is 1.23 bits per heavy atom. The van der Waals surface area contributed by atoms with Gasteiger partial charge in [0.15, 0.2) is 6.61 Å². The summed E-state index contributed by atoms with van der Waals surface area (Å²) < 4.78 is 5.47. The van der Waals surface area contributed by atoms with E-state index in [9.17, 15) is 4.79 Å². The second-order valence-electron chi connectivity index (χ2n) is 8.33. The standard InChI is InChI=1S/C21H25N3O2/c1-14(21-9-15-6-16(10-21)8-17(7-15)11-21)23-24-20(25)13-26-19-5-3-2-4-18(19)12-22/h2-5,15-17H,6-11,13H2,1H3,(H,24,25)/b23-14+. The summed E-state index contributed by atoms with van der Waals surface area (Å²) in [7, 11) is 0. The number of hydrazone groups is 1. The first-order valence-electron chi connectivity index (χ1n) is 9.53. The highest BCUT2D eigenvalue weighted by Crippen LogP contribution is 2.60. The number of para-hydroxylation sites is 1. The Morgan fingerprint density at radius 2 is 1.85 bits per heavy atom. The first kappa shape index (κ1) is 17.1. The number of benzene rings is 1. The van der Waals surface area contributed by atoms with E-state index in [0.717, 1.165) is 23.5 Å². The molecule has 4 aliphatic carbocycles. The fraction of sp³-hybridized carbons (Fsp3) is 0.571. The van der Waals surface area contributed by atoms with E-state index in [1.54, 1.807) is 24.3 Å². The van der Waals surface area contributed by atoms with Gasteiger partial charge in [-0.1, -0.05) is 12.1 Å². The number of carbonyl (C=O) groups is 1. The predicted molar refractivity (Wildman–Crippen MR) is 98.5 cm³/mol. The van der Waals surface area contributed by atoms with Crippen LogP contribution in [0, 0.1) is 34.5 Å². The topological polar surface area (TPSA) is 74.5 Å². The maximum Gasteiger partial charge on any atom is 0.277 e. The number of nitriles is 1. The molecule has 5 nitrogen and oxygen atoms in total. The summed E-state index contributed by atoms with van der Waals surface area (Å²) >= 11 is 0. The Kier molecular flexibility index (Phi) is 4.44. The predicted octanol–water partition coefficient (Wildman–Crippen LogP) is 3.65. The summed E-state index contributed by atoms with van der Waals surface area (Å²) in [5, 5.41) is 13.5. The van der Waals surface area contributed by atoms with Crippen molar-refractivity contribution < 1.29 is 9.53 Å². The lowest BCUT2D eigenvalue weighted by atomic mass is 9.48. The van der Waals surface area contributed by atoms with E-state index in [4.69, 9.17) is 10.00 Å². The van der Waals surface area contributed by atoms with Gasteiger partial charge in [0, 0.05) is 11.1 Å². The SMILES string of the molecule is C/C(=N\NC(=O)COc1ccccc1C#N)C12CC3CC(CC(C3)C1)C2. The Morgan fingerprint density at radius 3 is 2.46 bits per heavy atom. The Labute approximate surface area is 154 Å². The van der Waals surface area contributed by atoms with Gasteiger partial charge >= 0.3 is 0 Å². The van der Waals surface area contributed by atoms with Gasteiger partial charge in [0.1, 0.15) is 11.8 Å². The molecule has 0 heterocycles. The van der Waals surface area contributed by atoms with E-state index in [1.165, 1.54) is 38.5 Å². The zero-order valence-electron chi connectivity index (χ0n) is 15.2. The number of ether oxygens (including phenoxy) is 1. The molecule has 0 aromatic heterocycles. The summed E-state index contributed by atoms with van der Waals surface area (Å²) in [5.74, 6) is 2.70. The van der Waals surface area contributed by atoms with Crippen molar-refractivity contribution in [3.05, 3.63) is 29.8 Å². The van der Waals surface area contributed by atoms with Gasteiger partial charge in [-0.25, -0.2) is 5.43 Å². The number of hydrogen-bond donors (Lipinski definition) is 1. The van der Waals surface area contributed by atoms with E-state index in [0.29, 0.717) is 11.3 Å². The first-order valence-corrected chi connectivity index (χ1v) is 9.53. The number of rotatable bonds is 5. The molecule has 1 aromatic carbocycles. The molecule has 1 N–H and O–H groups in total. The average molecular weight is 351 g/mol. The van der Waals surface area contributed by atoms with Crippen molar-refractivity contribution in [3.63, 3.8) is 0 Å². The van der Waals surface area contributed by atoms with Gasteiger partial charge in [-0.15, -0.1) is 0 Å². The lowest BCUT2D eigenvalue weighted by molar-refractivity contribution is -0.123. The molecule has 0 aliphatic heterocycles. The van der Waals surface area contributed by atoms with Gasteiger partial charge in [-0.05, 0) is 75.3 Å². The highest BCUT2D eigenvalue weighted by Gasteiger charge is 2.52. The van der Waals surface area contributed by atoms with Crippen LogP contribution in [0.3, 0.4) is 0 Å². The minimum atomic E-state index is -0.290. The minimum Gasteiger partial charge on any atom is -0.482 e. The van der Waals surface area contributed by atoms with Gasteiger partial charge in [0.05, 0.1) is 5.56 Å². The van der Waals surface area contributed by atoms with Crippen molar-refractivity contribution in [2.45, 2.75) is 45.4 Å². The summed E-state index contributed by atoms with van der Waals surface area (Å²) in [5.41, 5.74) is 4.36. The van der Waals surface area contributed by atoms with Gasteiger partial charge in [0.2, 0.25) is 0 Å². The molecule has 0 spiro atoms. The van der Waals surface area contributed by atoms with Gasteiger partial charge in [-0.2, -0.15) is 10.4 Å². The fourth-order valence-electron chi connectivity index (χ4n) is 5.68. The zero-order valence-corrected chi connectivity index (χ0v) is 15.2. The third kappa shape index (κ3) is 3.21. The Balaban J connectivity index is 1.36. The molecule has 0 radical (unpaired) electrons. The highest BCUT2D eigenvalue weighted by molar-refractivity contribution is 5.90. The largest absolute Gasteiger partial charge is 0.482 e. The summed E-state index contributed by atoms with van der Waals surface area (Å²) in [4.78, 5) is 12.1. The summed E-state index contributed by atoms with van der Waals surface area (Å²) in [6.07, 6.45) is 7.88. The zero-order chi connectivity index (χ0) is 18.1. The van der Waals surface area contributed by atoms with Crippen LogP contribution in [0.15, 0.2) is 29.4 Å². The second kappa shape index (κ2) is 6.75. The molecule has 4 fully saturated rings. The number of nitrogens with zero attached hydrogens (tertiary/aromatic N) is 2. The van der Waals surface area contributed by atoms with E-state index in [2.05, 4.69) is 23.5 Å². The Hall–Kier alpha value is -2.35. The average Bonchev–Trinajstić information content (AvgIpc) is 2.63. The minimum absolute atomic E-state index is 0.143. The highest BCUT2D eigenvalue weighted by atomic mass is 16.5. The van der Waals surface area contributed by atoms with Gasteiger partial charge < -0.3 is 4.74 Å². The molecule has 5 heteroatoms. The Bertz CT molecular complexity index is 742. The van der Waals surface area contributed by atoms with Crippen molar-refractivity contribution in [1.82, 2.24) is 5.43 Å². The smallest absolute Gasteiger partial charge is 0.277 e. The van der Waals surface area contributed by atoms with E-state index in [-0.39, 0.29) is 17.9 Å². The molecule has 1 amide bonds. The van der Waals surface area contributed by atoms with Crippen LogP contribution in [0.4, 0.5) is 0 Å². The van der Waals surface area contributed by atoms with Crippen LogP contribution in [0.2, 0.25) is 0 Å². The summed E-state index contributed by atoms with van der Waals surface area (Å²) in [6, 6.07) is 8.97. The second-order valence-corrected chi connectivity index (χ2v) is 8.33. The molecule has 1 aromatic rings. The van der Waals surface area contributed by atoms with Crippen LogP contribution in [0.5, 0.6) is 5.75 Å². The van der Waals surface area contributed by atoms with E-state index in [1.807, 2.05) is 0 Å². The third-order valence-electron chi connectivity index (χ3n) is 6.52. The molecule has 26 heavy (non-hydrogen) atoms. The van der Waals surface area contributed by atoms with Gasteiger partial charge in [-0.3, -0.25) is 4.79 Å². The monoisotopic (exact) mass is 351 g/mol. The quantitative estimate of drug-likeness (QED) is 0.650. The van der Waals surface area contributed by atoms with Crippen LogP contribution in [0.25, 0.3) is 0 Å². The molecule has 4 aliphatic rings. The van der Waals surface area contributed by atoms with Crippen LogP contribution in [-0.2, 0) is 4.79 Å². The fourth-order valence-corrected chi connectivity index (χ4v) is 5.68. The van der Waals surface area contributed by atoms with Crippen LogP contribution in [-0.4, -0.2) is 18.2 Å². The molecule has 4 bridgehead atoms. The van der Waals surface area contributed by atoms with Crippen molar-refractivity contribution in [1.29, 1.82) is 5.26 Å². The van der Waals surface area contributed by atoms with Crippen molar-refractivity contribution in [3.8, 4) is 11.8 Å². The first-order chi connectivity index (χ1) is 12.6. The number of nitrogens with one attached hydrogen (secondary N) is 1. The lowest BCUT2D eigenvalue weighted by Crippen LogP contribution is -2.49. The normalized spacial score (nSPS) is 32.2. The van der Waals surface area contributed by atoms with Crippen LogP contribution >= 0.6 is 0 Å². The van der Waals surface area contributed by atoms with Crippen molar-refractivity contribution in [2.75, 3.05) is 6.61 Å². The maximum atomic E-state index is 12.1. The van der Waals surface area contributed by atoms with Crippen molar-refractivity contribution in [2.24, 2.45) is 28.3 Å². The molecule has 136 valence electrons. The molecule has 5 rings (SSSR count). The number of hydrogen-bond acceptors (Lipinski definition) is 4.